The van der Waals surface area contributed by atoms with Gasteiger partial charge in [-0.2, -0.15) is 0 Å². The molecule has 1 amide bonds. The van der Waals surface area contributed by atoms with Gasteiger partial charge in [0, 0.05) is 70.6 Å². The standard InChI is InChI=1S/C35H35Cl3N6O4/c1-5-30(45)43-25-13-21(27(46-2)15-24(25)42-19-35(18-36)6-8-39-9-7-35)23-14-26-20(17-41-23)12-22(34-40-10-11-44(26)34)31-32(37)28(47-3)16-29(48-4)33(31)38/h5,10-17,39,42H,1,6-9,18-19H2,2-4H3,(H,43,45). The number of hydrogen-bond acceptors (Lipinski definition) is 8. The number of rotatable bonds is 11. The van der Waals surface area contributed by atoms with E-state index in [9.17, 15) is 4.79 Å². The van der Waals surface area contributed by atoms with E-state index in [4.69, 9.17) is 54.0 Å². The number of fused-ring (bicyclic) bond motifs is 3. The maximum absolute atomic E-state index is 12.6. The lowest BCUT2D eigenvalue weighted by atomic mass is 9.80. The number of piperidine rings is 1. The normalized spacial score (nSPS) is 14.1. The number of nitrogens with zero attached hydrogens (tertiary/aromatic N) is 3. The van der Waals surface area contributed by atoms with Crippen LogP contribution >= 0.6 is 34.8 Å². The molecule has 1 fully saturated rings. The predicted octanol–water partition coefficient (Wildman–Crippen LogP) is 7.69. The van der Waals surface area contributed by atoms with Gasteiger partial charge in [0.25, 0.3) is 0 Å². The number of ether oxygens (including phenoxy) is 3. The van der Waals surface area contributed by atoms with Crippen molar-refractivity contribution in [3.63, 3.8) is 0 Å². The molecule has 2 aromatic carbocycles. The molecule has 0 aliphatic carbocycles. The van der Waals surface area contributed by atoms with Crippen molar-refractivity contribution >= 4 is 68.6 Å². The molecule has 0 spiro atoms. The number of aromatic nitrogens is 3. The highest BCUT2D eigenvalue weighted by molar-refractivity contribution is 6.41. The van der Waals surface area contributed by atoms with Gasteiger partial charge >= 0.3 is 0 Å². The molecule has 48 heavy (non-hydrogen) atoms. The number of carbonyl (C=O) groups excluding carboxylic acids is 1. The number of carbonyl (C=O) groups is 1. The van der Waals surface area contributed by atoms with Crippen LogP contribution in [-0.2, 0) is 4.79 Å². The summed E-state index contributed by atoms with van der Waals surface area (Å²) in [6.07, 6.45) is 8.46. The third kappa shape index (κ3) is 6.21. The van der Waals surface area contributed by atoms with E-state index < -0.39 is 0 Å². The van der Waals surface area contributed by atoms with E-state index in [2.05, 4.69) is 27.5 Å². The number of benzene rings is 2. The number of amides is 1. The summed E-state index contributed by atoms with van der Waals surface area (Å²) in [4.78, 5) is 22.0. The van der Waals surface area contributed by atoms with E-state index in [1.165, 1.54) is 20.3 Å². The Balaban J connectivity index is 1.47. The summed E-state index contributed by atoms with van der Waals surface area (Å²) >= 11 is 20.1. The van der Waals surface area contributed by atoms with E-state index in [1.807, 2.05) is 34.9 Å². The van der Waals surface area contributed by atoms with Crippen LogP contribution in [0.2, 0.25) is 10.0 Å². The largest absolute Gasteiger partial charge is 0.496 e. The molecule has 1 saturated heterocycles. The second-order valence-corrected chi connectivity index (χ2v) is 12.6. The fraction of sp³-hybridized carbons (Fsp3) is 0.286. The minimum Gasteiger partial charge on any atom is -0.496 e. The van der Waals surface area contributed by atoms with Gasteiger partial charge in [0.05, 0.1) is 54.0 Å². The minimum absolute atomic E-state index is 0.0716. The van der Waals surface area contributed by atoms with Crippen LogP contribution in [0.25, 0.3) is 38.9 Å². The van der Waals surface area contributed by atoms with E-state index in [0.29, 0.717) is 79.1 Å². The fourth-order valence-corrected chi connectivity index (χ4v) is 7.19. The fourth-order valence-electron chi connectivity index (χ4n) is 6.13. The Morgan fingerprint density at radius 1 is 0.979 bits per heavy atom. The zero-order chi connectivity index (χ0) is 34.0. The topological polar surface area (TPSA) is 111 Å². The van der Waals surface area contributed by atoms with E-state index in [-0.39, 0.29) is 11.3 Å². The molecular weight excluding hydrogens is 675 g/mol. The number of methoxy groups -OCH3 is 3. The number of imidazole rings is 1. The highest BCUT2D eigenvalue weighted by Gasteiger charge is 2.31. The second kappa shape index (κ2) is 14.1. The second-order valence-electron chi connectivity index (χ2n) is 11.6. The van der Waals surface area contributed by atoms with E-state index in [1.54, 1.807) is 25.6 Å². The molecule has 6 rings (SSSR count). The first-order valence-corrected chi connectivity index (χ1v) is 16.6. The Morgan fingerprint density at radius 2 is 1.69 bits per heavy atom. The van der Waals surface area contributed by atoms with Crippen molar-refractivity contribution in [1.29, 1.82) is 0 Å². The van der Waals surface area contributed by atoms with Gasteiger partial charge in [-0.3, -0.25) is 14.2 Å². The van der Waals surface area contributed by atoms with Gasteiger partial charge in [-0.25, -0.2) is 4.98 Å². The van der Waals surface area contributed by atoms with Crippen molar-refractivity contribution in [1.82, 2.24) is 19.7 Å². The van der Waals surface area contributed by atoms with Crippen LogP contribution in [-0.4, -0.2) is 67.1 Å². The smallest absolute Gasteiger partial charge is 0.247 e. The quantitative estimate of drug-likeness (QED) is 0.0946. The molecule has 0 bridgehead atoms. The van der Waals surface area contributed by atoms with Crippen molar-refractivity contribution in [2.45, 2.75) is 12.8 Å². The Bertz CT molecular complexity index is 2000. The summed E-state index contributed by atoms with van der Waals surface area (Å²) in [6, 6.07) is 9.26. The average molecular weight is 710 g/mol. The van der Waals surface area contributed by atoms with Crippen LogP contribution in [0.1, 0.15) is 12.8 Å². The van der Waals surface area contributed by atoms with Crippen LogP contribution in [0.5, 0.6) is 17.2 Å². The molecule has 5 aromatic rings. The summed E-state index contributed by atoms with van der Waals surface area (Å²) in [7, 11) is 4.67. The van der Waals surface area contributed by atoms with Crippen molar-refractivity contribution in [3.05, 3.63) is 71.6 Å². The van der Waals surface area contributed by atoms with Gasteiger partial charge < -0.3 is 30.2 Å². The Hall–Kier alpha value is -4.22. The first-order chi connectivity index (χ1) is 23.3. The zero-order valence-electron chi connectivity index (χ0n) is 26.8. The molecule has 4 heterocycles. The lowest BCUT2D eigenvalue weighted by Crippen LogP contribution is -2.42. The monoisotopic (exact) mass is 708 g/mol. The number of pyridine rings is 2. The highest BCUT2D eigenvalue weighted by Crippen LogP contribution is 2.48. The summed E-state index contributed by atoms with van der Waals surface area (Å²) in [6.45, 7) is 6.08. The van der Waals surface area contributed by atoms with Gasteiger partial charge in [0.1, 0.15) is 22.9 Å². The van der Waals surface area contributed by atoms with Crippen molar-refractivity contribution < 1.29 is 19.0 Å². The molecule has 0 saturated carbocycles. The number of nitrogens with one attached hydrogen (secondary N) is 3. The van der Waals surface area contributed by atoms with Crippen LogP contribution in [0.15, 0.2) is 61.6 Å². The van der Waals surface area contributed by atoms with Gasteiger partial charge in [0.2, 0.25) is 5.91 Å². The molecule has 1 aliphatic rings. The maximum Gasteiger partial charge on any atom is 0.247 e. The summed E-state index contributed by atoms with van der Waals surface area (Å²) in [5.41, 5.74) is 5.16. The van der Waals surface area contributed by atoms with Crippen molar-refractivity contribution in [2.75, 3.05) is 57.5 Å². The summed E-state index contributed by atoms with van der Waals surface area (Å²) in [5.74, 6) is 1.61. The summed E-state index contributed by atoms with van der Waals surface area (Å²) < 4.78 is 18.8. The van der Waals surface area contributed by atoms with Gasteiger partial charge in [-0.15, -0.1) is 11.6 Å². The predicted molar refractivity (Wildman–Crippen MR) is 194 cm³/mol. The molecule has 3 N–H and O–H groups in total. The van der Waals surface area contributed by atoms with Crippen LogP contribution in [0, 0.1) is 5.41 Å². The molecule has 0 unspecified atom stereocenters. The van der Waals surface area contributed by atoms with Gasteiger partial charge in [0.15, 0.2) is 0 Å². The van der Waals surface area contributed by atoms with E-state index in [0.717, 1.165) is 36.8 Å². The first kappa shape index (κ1) is 33.7. The Morgan fingerprint density at radius 3 is 2.33 bits per heavy atom. The molecule has 3 aromatic heterocycles. The number of hydrogen-bond donors (Lipinski definition) is 3. The lowest BCUT2D eigenvalue weighted by molar-refractivity contribution is -0.111. The number of halogens is 3. The van der Waals surface area contributed by atoms with Crippen LogP contribution < -0.4 is 30.2 Å². The lowest BCUT2D eigenvalue weighted by Gasteiger charge is -2.36. The first-order valence-electron chi connectivity index (χ1n) is 15.3. The van der Waals surface area contributed by atoms with Gasteiger partial charge in [-0.05, 0) is 50.2 Å². The SMILES string of the molecule is C=CC(=O)Nc1cc(-c2cc3c(cn2)cc(-c2c(Cl)c(OC)cc(OC)c2Cl)c2nccn23)c(OC)cc1NCC1(CCl)CCNCC1. The van der Waals surface area contributed by atoms with Crippen LogP contribution in [0.3, 0.4) is 0 Å². The Labute approximate surface area is 293 Å². The van der Waals surface area contributed by atoms with E-state index >= 15 is 0 Å². The minimum atomic E-state index is -0.339. The number of anilines is 2. The third-order valence-corrected chi connectivity index (χ3v) is 10.2. The molecule has 0 radical (unpaired) electrons. The van der Waals surface area contributed by atoms with Crippen LogP contribution in [0.4, 0.5) is 11.4 Å². The average Bonchev–Trinajstić information content (AvgIpc) is 3.62. The molecule has 0 atom stereocenters. The summed E-state index contributed by atoms with van der Waals surface area (Å²) in [5, 5.41) is 11.4. The Kier molecular flexibility index (Phi) is 9.89. The zero-order valence-corrected chi connectivity index (χ0v) is 29.0. The molecular formula is C35H35Cl3N6O4. The molecule has 1 aliphatic heterocycles. The third-order valence-electron chi connectivity index (χ3n) is 8.86. The van der Waals surface area contributed by atoms with Crippen molar-refractivity contribution in [2.24, 2.45) is 5.41 Å². The van der Waals surface area contributed by atoms with Gasteiger partial charge in [-0.1, -0.05) is 29.8 Å². The highest BCUT2D eigenvalue weighted by atomic mass is 35.5. The van der Waals surface area contributed by atoms with Crippen molar-refractivity contribution in [3.8, 4) is 39.6 Å². The molecule has 250 valence electrons. The maximum atomic E-state index is 12.6. The molecule has 13 heteroatoms. The molecule has 10 nitrogen and oxygen atoms in total. The number of alkyl halides is 1.